The number of hydrogen-bond donors (Lipinski definition) is 0. The number of nitrogens with zero attached hydrogens (tertiary/aromatic N) is 3. The Morgan fingerprint density at radius 3 is 2.15 bits per heavy atom. The largest absolute Gasteiger partial charge is 0.450 e. The van der Waals surface area contributed by atoms with Gasteiger partial charge in [0.15, 0.2) is 0 Å². The first kappa shape index (κ1) is 20.9. The van der Waals surface area contributed by atoms with Crippen molar-refractivity contribution in [3.05, 3.63) is 30.1 Å². The molecule has 1 atom stereocenters. The van der Waals surface area contributed by atoms with Crippen molar-refractivity contribution in [1.29, 1.82) is 0 Å². The lowest BCUT2D eigenvalue weighted by Gasteiger charge is -2.37. The van der Waals surface area contributed by atoms with E-state index in [0.29, 0.717) is 13.1 Å². The highest BCUT2D eigenvalue weighted by Crippen LogP contribution is 2.22. The predicted octanol–water partition coefficient (Wildman–Crippen LogP) is 1.28. The minimum atomic E-state index is -3.77. The van der Waals surface area contributed by atoms with Gasteiger partial charge in [-0.2, -0.15) is 0 Å². The Bertz CT molecular complexity index is 776. The van der Waals surface area contributed by atoms with Crippen molar-refractivity contribution >= 4 is 27.7 Å². The summed E-state index contributed by atoms with van der Waals surface area (Å²) in [5.41, 5.74) is 0.213. The summed E-state index contributed by atoms with van der Waals surface area (Å²) in [6.45, 7) is 4.67. The van der Waals surface area contributed by atoms with Gasteiger partial charge in [0.05, 0.1) is 18.6 Å². The summed E-state index contributed by atoms with van der Waals surface area (Å²) in [4.78, 5) is 27.6. The molecule has 1 aromatic rings. The van der Waals surface area contributed by atoms with Gasteiger partial charge in [-0.05, 0) is 38.1 Å². The van der Waals surface area contributed by atoms with Crippen molar-refractivity contribution in [2.24, 2.45) is 0 Å². The van der Waals surface area contributed by atoms with E-state index in [0.717, 1.165) is 22.7 Å². The number of halogens is 1. The molecule has 1 aliphatic heterocycles. The van der Waals surface area contributed by atoms with Crippen molar-refractivity contribution in [3.63, 3.8) is 0 Å². The first-order valence-electron chi connectivity index (χ1n) is 8.60. The number of anilines is 1. The second kappa shape index (κ2) is 8.55. The van der Waals surface area contributed by atoms with Crippen LogP contribution in [0.3, 0.4) is 0 Å². The number of sulfonamides is 1. The first-order chi connectivity index (χ1) is 12.6. The number of benzene rings is 1. The number of hydrogen-bond acceptors (Lipinski definition) is 5. The van der Waals surface area contributed by atoms with Gasteiger partial charge in [0.2, 0.25) is 15.9 Å². The molecule has 0 spiro atoms. The first-order valence-corrected chi connectivity index (χ1v) is 10.5. The van der Waals surface area contributed by atoms with Gasteiger partial charge in [0.25, 0.3) is 0 Å². The number of carbonyl (C=O) groups excluding carboxylic acids is 2. The van der Waals surface area contributed by atoms with Crippen LogP contribution >= 0.6 is 0 Å². The zero-order valence-corrected chi connectivity index (χ0v) is 16.4. The van der Waals surface area contributed by atoms with E-state index in [1.165, 1.54) is 28.9 Å². The van der Waals surface area contributed by atoms with Gasteiger partial charge in [-0.1, -0.05) is 0 Å². The summed E-state index contributed by atoms with van der Waals surface area (Å²) < 4.78 is 43.6. The van der Waals surface area contributed by atoms with Crippen molar-refractivity contribution in [3.8, 4) is 0 Å². The lowest BCUT2D eigenvalue weighted by molar-refractivity contribution is -0.133. The summed E-state index contributed by atoms with van der Waals surface area (Å²) in [7, 11) is -3.77. The summed E-state index contributed by atoms with van der Waals surface area (Å²) in [6.07, 6.45) is 0.570. The number of carbonyl (C=O) groups is 2. The highest BCUT2D eigenvalue weighted by Gasteiger charge is 2.34. The van der Waals surface area contributed by atoms with Gasteiger partial charge in [0.1, 0.15) is 11.9 Å². The van der Waals surface area contributed by atoms with Crippen LogP contribution in [-0.4, -0.2) is 75.3 Å². The zero-order valence-electron chi connectivity index (χ0n) is 15.6. The average molecular weight is 401 g/mol. The Morgan fingerprint density at radius 2 is 1.67 bits per heavy atom. The Kier molecular flexibility index (Phi) is 6.63. The van der Waals surface area contributed by atoms with Crippen LogP contribution in [0.1, 0.15) is 13.8 Å². The number of piperazine rings is 1. The highest BCUT2D eigenvalue weighted by atomic mass is 32.2. The Balaban J connectivity index is 2.12. The van der Waals surface area contributed by atoms with E-state index in [1.54, 1.807) is 6.92 Å². The second-order valence-electron chi connectivity index (χ2n) is 6.22. The minimum Gasteiger partial charge on any atom is -0.450 e. The quantitative estimate of drug-likeness (QED) is 0.742. The van der Waals surface area contributed by atoms with E-state index in [1.807, 2.05) is 0 Å². The molecule has 2 rings (SSSR count). The van der Waals surface area contributed by atoms with Crippen LogP contribution in [0.25, 0.3) is 0 Å². The van der Waals surface area contributed by atoms with Gasteiger partial charge in [-0.15, -0.1) is 0 Å². The maximum absolute atomic E-state index is 13.2. The molecule has 0 aliphatic carbocycles. The summed E-state index contributed by atoms with van der Waals surface area (Å²) in [6, 6.07) is 3.92. The molecule has 8 nitrogen and oxygen atoms in total. The molecule has 0 bridgehead atoms. The van der Waals surface area contributed by atoms with E-state index >= 15 is 0 Å². The van der Waals surface area contributed by atoms with Crippen LogP contribution in [0.4, 0.5) is 14.9 Å². The fourth-order valence-electron chi connectivity index (χ4n) is 2.98. The van der Waals surface area contributed by atoms with Gasteiger partial charge in [-0.25, -0.2) is 17.6 Å². The fourth-order valence-corrected chi connectivity index (χ4v) is 4.15. The smallest absolute Gasteiger partial charge is 0.409 e. The molecule has 2 amide bonds. The molecule has 0 aromatic heterocycles. The van der Waals surface area contributed by atoms with Gasteiger partial charge in [0, 0.05) is 26.2 Å². The number of amides is 2. The molecule has 1 saturated heterocycles. The monoisotopic (exact) mass is 401 g/mol. The molecule has 0 saturated carbocycles. The summed E-state index contributed by atoms with van der Waals surface area (Å²) >= 11 is 0. The van der Waals surface area contributed by atoms with E-state index in [2.05, 4.69) is 0 Å². The zero-order chi connectivity index (χ0) is 20.2. The fraction of sp³-hybridized carbons (Fsp3) is 0.529. The maximum Gasteiger partial charge on any atom is 0.409 e. The molecule has 1 aromatic carbocycles. The molecule has 1 fully saturated rings. The highest BCUT2D eigenvalue weighted by molar-refractivity contribution is 7.92. The molecule has 27 heavy (non-hydrogen) atoms. The minimum absolute atomic E-state index is 0.213. The van der Waals surface area contributed by atoms with Crippen LogP contribution in [0.5, 0.6) is 0 Å². The SMILES string of the molecule is CCOC(=O)N1CCN(C(=O)C(C)N(c2ccc(F)cc2)S(C)(=O)=O)CC1. The van der Waals surface area contributed by atoms with E-state index in [9.17, 15) is 22.4 Å². The normalized spacial score (nSPS) is 16.0. The molecular weight excluding hydrogens is 377 g/mol. The standard InChI is InChI=1S/C17H24FN3O5S/c1-4-26-17(23)20-11-9-19(10-12-20)16(22)13(2)21(27(3,24)25)15-7-5-14(18)6-8-15/h5-8,13H,4,9-12H2,1-3H3. The van der Waals surface area contributed by atoms with Crippen LogP contribution in [0.2, 0.25) is 0 Å². The van der Waals surface area contributed by atoms with Gasteiger partial charge < -0.3 is 14.5 Å². The third kappa shape index (κ3) is 5.09. The molecule has 10 heteroatoms. The van der Waals surface area contributed by atoms with E-state index in [-0.39, 0.29) is 31.3 Å². The third-order valence-corrected chi connectivity index (χ3v) is 5.51. The van der Waals surface area contributed by atoms with Crippen molar-refractivity contribution in [1.82, 2.24) is 9.80 Å². The van der Waals surface area contributed by atoms with Gasteiger partial charge in [-0.3, -0.25) is 9.10 Å². The van der Waals surface area contributed by atoms with Crippen LogP contribution < -0.4 is 4.31 Å². The van der Waals surface area contributed by atoms with Crippen molar-refractivity contribution < 1.29 is 27.1 Å². The van der Waals surface area contributed by atoms with E-state index < -0.39 is 28.0 Å². The summed E-state index contributed by atoms with van der Waals surface area (Å²) in [5, 5.41) is 0. The molecule has 150 valence electrons. The molecular formula is C17H24FN3O5S. The molecule has 0 N–H and O–H groups in total. The third-order valence-electron chi connectivity index (χ3n) is 4.26. The van der Waals surface area contributed by atoms with Crippen LogP contribution in [-0.2, 0) is 19.6 Å². The maximum atomic E-state index is 13.2. The number of rotatable bonds is 5. The Labute approximate surface area is 158 Å². The van der Waals surface area contributed by atoms with Crippen LogP contribution in [0.15, 0.2) is 24.3 Å². The second-order valence-corrected chi connectivity index (χ2v) is 8.08. The van der Waals surface area contributed by atoms with Crippen LogP contribution in [0, 0.1) is 5.82 Å². The molecule has 0 radical (unpaired) electrons. The summed E-state index contributed by atoms with van der Waals surface area (Å²) in [5.74, 6) is -0.880. The lowest BCUT2D eigenvalue weighted by atomic mass is 10.2. The predicted molar refractivity (Wildman–Crippen MR) is 98.4 cm³/mol. The lowest BCUT2D eigenvalue weighted by Crippen LogP contribution is -2.56. The molecule has 1 heterocycles. The van der Waals surface area contributed by atoms with Crippen molar-refractivity contribution in [2.75, 3.05) is 43.3 Å². The van der Waals surface area contributed by atoms with Gasteiger partial charge >= 0.3 is 6.09 Å². The van der Waals surface area contributed by atoms with Crippen molar-refractivity contribution in [2.45, 2.75) is 19.9 Å². The molecule has 1 aliphatic rings. The topological polar surface area (TPSA) is 87.2 Å². The molecule has 1 unspecified atom stereocenters. The Hall–Kier alpha value is -2.36. The number of ether oxygens (including phenoxy) is 1. The Morgan fingerprint density at radius 1 is 1.15 bits per heavy atom. The average Bonchev–Trinajstić information content (AvgIpc) is 2.62. The van der Waals surface area contributed by atoms with E-state index in [4.69, 9.17) is 4.74 Å².